The molecule has 1 amide bonds. The molecule has 3 heterocycles. The first-order valence-electron chi connectivity index (χ1n) is 11.2. The highest BCUT2D eigenvalue weighted by molar-refractivity contribution is 5.75. The fourth-order valence-corrected chi connectivity index (χ4v) is 4.17. The summed E-state index contributed by atoms with van der Waals surface area (Å²) in [6.07, 6.45) is 7.26. The predicted octanol–water partition coefficient (Wildman–Crippen LogP) is 3.54. The number of nitrogens with one attached hydrogen (secondary N) is 1. The molecule has 31 heavy (non-hydrogen) atoms. The number of imidazole rings is 1. The van der Waals surface area contributed by atoms with E-state index < -0.39 is 0 Å². The molecule has 0 atom stereocenters. The molecule has 0 bridgehead atoms. The van der Waals surface area contributed by atoms with Crippen molar-refractivity contribution >= 4 is 17.1 Å². The second-order valence-electron chi connectivity index (χ2n) is 8.19. The number of fused-ring (bicyclic) bond motifs is 1. The Morgan fingerprint density at radius 1 is 1.10 bits per heavy atom. The highest BCUT2D eigenvalue weighted by atomic mass is 19.1. The van der Waals surface area contributed by atoms with Gasteiger partial charge in [0.2, 0.25) is 5.91 Å². The number of rotatable bonds is 10. The van der Waals surface area contributed by atoms with Crippen molar-refractivity contribution in [2.24, 2.45) is 0 Å². The van der Waals surface area contributed by atoms with E-state index in [0.717, 1.165) is 48.5 Å². The number of hydrogen-bond donors (Lipinski definition) is 1. The number of aromatic nitrogens is 3. The second-order valence-corrected chi connectivity index (χ2v) is 8.19. The first kappa shape index (κ1) is 21.4. The molecule has 0 spiro atoms. The van der Waals surface area contributed by atoms with Crippen molar-refractivity contribution in [2.45, 2.75) is 45.1 Å². The van der Waals surface area contributed by atoms with Crippen LogP contribution in [0.1, 0.15) is 43.5 Å². The summed E-state index contributed by atoms with van der Waals surface area (Å²) in [7, 11) is 0. The molecule has 6 nitrogen and oxygen atoms in total. The Hall–Kier alpha value is -2.80. The highest BCUT2D eigenvalue weighted by Gasteiger charge is 2.13. The van der Waals surface area contributed by atoms with E-state index in [-0.39, 0.29) is 11.7 Å². The fourth-order valence-electron chi connectivity index (χ4n) is 4.17. The molecule has 1 aliphatic rings. The van der Waals surface area contributed by atoms with Gasteiger partial charge < -0.3 is 14.8 Å². The Labute approximate surface area is 182 Å². The Morgan fingerprint density at radius 2 is 1.90 bits per heavy atom. The van der Waals surface area contributed by atoms with E-state index in [1.165, 1.54) is 38.1 Å². The molecule has 2 aromatic heterocycles. The average Bonchev–Trinajstić information content (AvgIpc) is 3.41. The molecule has 3 aromatic rings. The maximum absolute atomic E-state index is 13.3. The number of carbonyl (C=O) groups excluding carboxylic acids is 1. The zero-order valence-corrected chi connectivity index (χ0v) is 17.9. The summed E-state index contributed by atoms with van der Waals surface area (Å²) in [4.78, 5) is 23.9. The van der Waals surface area contributed by atoms with Crippen molar-refractivity contribution in [1.82, 2.24) is 24.8 Å². The first-order chi connectivity index (χ1) is 15.2. The molecular formula is C24H30FN5O. The fraction of sp³-hybridized carbons (Fsp3) is 0.458. The average molecular weight is 424 g/mol. The molecular weight excluding hydrogens is 393 g/mol. The molecule has 0 radical (unpaired) electrons. The smallest absolute Gasteiger partial charge is 0.220 e. The number of amides is 1. The normalized spacial score (nSPS) is 14.4. The Bertz CT molecular complexity index is 995. The van der Waals surface area contributed by atoms with Gasteiger partial charge in [-0.15, -0.1) is 0 Å². The number of benzene rings is 1. The molecule has 0 unspecified atom stereocenters. The molecule has 1 saturated heterocycles. The summed E-state index contributed by atoms with van der Waals surface area (Å²) in [6, 6.07) is 10.3. The topological polar surface area (TPSA) is 63.1 Å². The molecule has 1 fully saturated rings. The van der Waals surface area contributed by atoms with Gasteiger partial charge in [0.15, 0.2) is 5.65 Å². The molecule has 1 N–H and O–H groups in total. The van der Waals surface area contributed by atoms with E-state index in [2.05, 4.69) is 19.8 Å². The zero-order valence-electron chi connectivity index (χ0n) is 17.9. The number of aryl methyl sites for hydroxylation is 1. The lowest BCUT2D eigenvalue weighted by molar-refractivity contribution is -0.121. The Morgan fingerprint density at radius 3 is 2.71 bits per heavy atom. The van der Waals surface area contributed by atoms with Crippen molar-refractivity contribution in [3.63, 3.8) is 0 Å². The zero-order chi connectivity index (χ0) is 21.5. The van der Waals surface area contributed by atoms with Gasteiger partial charge >= 0.3 is 0 Å². The van der Waals surface area contributed by atoms with Crippen LogP contribution in [0.3, 0.4) is 0 Å². The van der Waals surface area contributed by atoms with Crippen LogP contribution in [0.15, 0.2) is 42.6 Å². The van der Waals surface area contributed by atoms with Crippen LogP contribution < -0.4 is 5.32 Å². The van der Waals surface area contributed by atoms with Gasteiger partial charge in [0.25, 0.3) is 0 Å². The number of pyridine rings is 1. The molecule has 7 heteroatoms. The lowest BCUT2D eigenvalue weighted by atomic mass is 10.2. The Balaban J connectivity index is 1.30. The molecule has 1 aliphatic heterocycles. The van der Waals surface area contributed by atoms with E-state index in [0.29, 0.717) is 19.4 Å². The number of nitrogens with zero attached hydrogens (tertiary/aromatic N) is 4. The molecule has 1 aromatic carbocycles. The second kappa shape index (κ2) is 10.5. The minimum atomic E-state index is -0.246. The van der Waals surface area contributed by atoms with Crippen LogP contribution in [0.5, 0.6) is 0 Å². The number of likely N-dealkylation sites (tertiary alicyclic amines) is 1. The molecule has 0 aliphatic carbocycles. The van der Waals surface area contributed by atoms with Crippen LogP contribution in [0.2, 0.25) is 0 Å². The Kier molecular flexibility index (Phi) is 7.25. The minimum Gasteiger partial charge on any atom is -0.356 e. The van der Waals surface area contributed by atoms with Gasteiger partial charge in [-0.3, -0.25) is 4.79 Å². The van der Waals surface area contributed by atoms with Crippen molar-refractivity contribution in [3.8, 4) is 0 Å². The van der Waals surface area contributed by atoms with Crippen LogP contribution in [0.25, 0.3) is 11.2 Å². The predicted molar refractivity (Wildman–Crippen MR) is 119 cm³/mol. The number of carbonyl (C=O) groups is 1. The lowest BCUT2D eigenvalue weighted by Crippen LogP contribution is -2.28. The summed E-state index contributed by atoms with van der Waals surface area (Å²) < 4.78 is 15.3. The SMILES string of the molecule is O=C(CCCc1nc2cccnc2n1Cc1ccc(F)cc1)NCCCN1CCCC1. The molecule has 4 rings (SSSR count). The van der Waals surface area contributed by atoms with Crippen molar-refractivity contribution in [3.05, 3.63) is 59.8 Å². The van der Waals surface area contributed by atoms with E-state index in [1.54, 1.807) is 18.3 Å². The van der Waals surface area contributed by atoms with Crippen molar-refractivity contribution < 1.29 is 9.18 Å². The third-order valence-corrected chi connectivity index (χ3v) is 5.81. The van der Waals surface area contributed by atoms with E-state index in [4.69, 9.17) is 4.98 Å². The highest BCUT2D eigenvalue weighted by Crippen LogP contribution is 2.18. The van der Waals surface area contributed by atoms with E-state index >= 15 is 0 Å². The summed E-state index contributed by atoms with van der Waals surface area (Å²) in [5.41, 5.74) is 2.64. The van der Waals surface area contributed by atoms with Gasteiger partial charge in [-0.25, -0.2) is 14.4 Å². The number of halogens is 1. The minimum absolute atomic E-state index is 0.0979. The van der Waals surface area contributed by atoms with Gasteiger partial charge in [0.05, 0.1) is 6.54 Å². The largest absolute Gasteiger partial charge is 0.356 e. The maximum Gasteiger partial charge on any atom is 0.220 e. The van der Waals surface area contributed by atoms with Crippen LogP contribution >= 0.6 is 0 Å². The maximum atomic E-state index is 13.3. The monoisotopic (exact) mass is 423 g/mol. The van der Waals surface area contributed by atoms with Crippen LogP contribution in [-0.2, 0) is 17.8 Å². The van der Waals surface area contributed by atoms with Gasteiger partial charge in [-0.05, 0) is 75.1 Å². The quantitative estimate of drug-likeness (QED) is 0.507. The van der Waals surface area contributed by atoms with Crippen molar-refractivity contribution in [1.29, 1.82) is 0 Å². The first-order valence-corrected chi connectivity index (χ1v) is 11.2. The standard InChI is InChI=1S/C24H30FN5O/c25-20-11-9-19(10-12-20)18-30-22(28-21-6-4-13-27-24(21)30)7-3-8-23(31)26-14-5-17-29-15-1-2-16-29/h4,6,9-13H,1-3,5,7-8,14-18H2,(H,26,31). The lowest BCUT2D eigenvalue weighted by Gasteiger charge is -2.14. The third-order valence-electron chi connectivity index (χ3n) is 5.81. The molecule has 0 saturated carbocycles. The van der Waals surface area contributed by atoms with Crippen LogP contribution in [-0.4, -0.2) is 51.5 Å². The summed E-state index contributed by atoms with van der Waals surface area (Å²) in [5.74, 6) is 0.754. The van der Waals surface area contributed by atoms with Gasteiger partial charge in [0, 0.05) is 25.6 Å². The summed E-state index contributed by atoms with van der Waals surface area (Å²) in [6.45, 7) is 4.78. The van der Waals surface area contributed by atoms with Gasteiger partial charge in [0.1, 0.15) is 17.2 Å². The summed E-state index contributed by atoms with van der Waals surface area (Å²) >= 11 is 0. The summed E-state index contributed by atoms with van der Waals surface area (Å²) in [5, 5.41) is 3.04. The third kappa shape index (κ3) is 5.88. The van der Waals surface area contributed by atoms with E-state index in [1.807, 2.05) is 12.1 Å². The van der Waals surface area contributed by atoms with Crippen LogP contribution in [0.4, 0.5) is 4.39 Å². The van der Waals surface area contributed by atoms with E-state index in [9.17, 15) is 9.18 Å². The molecule has 164 valence electrons. The van der Waals surface area contributed by atoms with Crippen molar-refractivity contribution in [2.75, 3.05) is 26.2 Å². The van der Waals surface area contributed by atoms with Gasteiger partial charge in [-0.1, -0.05) is 12.1 Å². The van der Waals surface area contributed by atoms with Gasteiger partial charge in [-0.2, -0.15) is 0 Å². The number of hydrogen-bond acceptors (Lipinski definition) is 4. The van der Waals surface area contributed by atoms with Crippen LogP contribution in [0, 0.1) is 5.82 Å².